The fourth-order valence-corrected chi connectivity index (χ4v) is 2.61. The Morgan fingerprint density at radius 3 is 2.82 bits per heavy atom. The van der Waals surface area contributed by atoms with E-state index in [1.807, 2.05) is 0 Å². The summed E-state index contributed by atoms with van der Waals surface area (Å²) in [5.41, 5.74) is 6.03. The van der Waals surface area contributed by atoms with Gasteiger partial charge in [0.15, 0.2) is 0 Å². The molecular weight excluding hydrogens is 260 g/mol. The molecule has 1 amide bonds. The van der Waals surface area contributed by atoms with Crippen molar-refractivity contribution >= 4 is 34.0 Å². The number of rotatable bonds is 5. The molecular formula is C11H15ClN2O2S. The van der Waals surface area contributed by atoms with Gasteiger partial charge in [0, 0.05) is 24.1 Å². The molecule has 6 heteroatoms. The van der Waals surface area contributed by atoms with Gasteiger partial charge in [0.2, 0.25) is 5.91 Å². The number of hydrogen-bond donors (Lipinski definition) is 2. The lowest BCUT2D eigenvalue weighted by molar-refractivity contribution is -0.120. The van der Waals surface area contributed by atoms with Crippen molar-refractivity contribution in [3.8, 4) is 0 Å². The topological polar surface area (TPSA) is 72.2 Å². The van der Waals surface area contributed by atoms with Crippen LogP contribution in [0.1, 0.15) is 12.8 Å². The molecule has 4 nitrogen and oxygen atoms in total. The average molecular weight is 275 g/mol. The SMILES string of the molecule is CNC(=O)CCCS(=O)c1ccc(N)c(Cl)c1. The van der Waals surface area contributed by atoms with E-state index in [2.05, 4.69) is 5.32 Å². The highest BCUT2D eigenvalue weighted by atomic mass is 35.5. The standard InChI is InChI=1S/C11H15ClN2O2S/c1-14-11(15)3-2-6-17(16)8-4-5-10(13)9(12)7-8/h4-5,7H,2-3,6,13H2,1H3,(H,14,15). The van der Waals surface area contributed by atoms with Gasteiger partial charge >= 0.3 is 0 Å². The first-order valence-corrected chi connectivity index (χ1v) is 6.88. The molecule has 94 valence electrons. The monoisotopic (exact) mass is 274 g/mol. The Hall–Kier alpha value is -1.07. The van der Waals surface area contributed by atoms with Crippen LogP contribution in [0.2, 0.25) is 5.02 Å². The molecule has 17 heavy (non-hydrogen) atoms. The Labute approximate surface area is 108 Å². The van der Waals surface area contributed by atoms with E-state index in [0.29, 0.717) is 34.2 Å². The minimum Gasteiger partial charge on any atom is -0.398 e. The van der Waals surface area contributed by atoms with Gasteiger partial charge in [-0.15, -0.1) is 0 Å². The van der Waals surface area contributed by atoms with E-state index in [1.165, 1.54) is 0 Å². The molecule has 0 fully saturated rings. The zero-order valence-electron chi connectivity index (χ0n) is 9.53. The molecule has 1 aromatic carbocycles. The quantitative estimate of drug-likeness (QED) is 0.801. The average Bonchev–Trinajstić information content (AvgIpc) is 2.32. The number of carbonyl (C=O) groups excluding carboxylic acids is 1. The number of nitrogens with two attached hydrogens (primary N) is 1. The molecule has 1 rings (SSSR count). The Morgan fingerprint density at radius 2 is 2.24 bits per heavy atom. The predicted molar refractivity (Wildman–Crippen MR) is 70.4 cm³/mol. The van der Waals surface area contributed by atoms with E-state index >= 15 is 0 Å². The maximum atomic E-state index is 11.9. The minimum atomic E-state index is -1.14. The van der Waals surface area contributed by atoms with Gasteiger partial charge in [0.05, 0.1) is 21.5 Å². The van der Waals surface area contributed by atoms with Gasteiger partial charge in [-0.2, -0.15) is 0 Å². The lowest BCUT2D eigenvalue weighted by Gasteiger charge is -2.04. The van der Waals surface area contributed by atoms with Gasteiger partial charge in [-0.1, -0.05) is 11.6 Å². The van der Waals surface area contributed by atoms with Gasteiger partial charge in [0.1, 0.15) is 0 Å². The third kappa shape index (κ3) is 4.36. The fourth-order valence-electron chi connectivity index (χ4n) is 1.26. The molecule has 0 saturated carbocycles. The Morgan fingerprint density at radius 1 is 1.53 bits per heavy atom. The highest BCUT2D eigenvalue weighted by molar-refractivity contribution is 7.85. The summed E-state index contributed by atoms with van der Waals surface area (Å²) < 4.78 is 11.9. The van der Waals surface area contributed by atoms with Crippen LogP contribution in [0.25, 0.3) is 0 Å². The lowest BCUT2D eigenvalue weighted by atomic mass is 10.3. The molecule has 0 saturated heterocycles. The summed E-state index contributed by atoms with van der Waals surface area (Å²) in [6.45, 7) is 0. The Bertz CT molecular complexity index is 437. The van der Waals surface area contributed by atoms with Gasteiger partial charge in [-0.3, -0.25) is 9.00 Å². The Balaban J connectivity index is 2.52. The molecule has 0 aliphatic rings. The maximum Gasteiger partial charge on any atom is 0.219 e. The fraction of sp³-hybridized carbons (Fsp3) is 0.364. The number of benzene rings is 1. The third-order valence-electron chi connectivity index (χ3n) is 2.25. The summed E-state index contributed by atoms with van der Waals surface area (Å²) in [6, 6.07) is 4.93. The van der Waals surface area contributed by atoms with Crippen LogP contribution in [-0.2, 0) is 15.6 Å². The van der Waals surface area contributed by atoms with Crippen LogP contribution < -0.4 is 11.1 Å². The van der Waals surface area contributed by atoms with Crippen molar-refractivity contribution in [3.63, 3.8) is 0 Å². The highest BCUT2D eigenvalue weighted by Gasteiger charge is 2.07. The first kappa shape index (κ1) is 14.0. The van der Waals surface area contributed by atoms with E-state index in [4.69, 9.17) is 17.3 Å². The van der Waals surface area contributed by atoms with Gasteiger partial charge in [0.25, 0.3) is 0 Å². The number of halogens is 1. The molecule has 3 N–H and O–H groups in total. The number of nitrogens with one attached hydrogen (secondary N) is 1. The van der Waals surface area contributed by atoms with Crippen LogP contribution in [0.4, 0.5) is 5.69 Å². The molecule has 0 spiro atoms. The second kappa shape index (κ2) is 6.61. The maximum absolute atomic E-state index is 11.9. The van der Waals surface area contributed by atoms with Gasteiger partial charge < -0.3 is 11.1 Å². The van der Waals surface area contributed by atoms with Crippen molar-refractivity contribution in [3.05, 3.63) is 23.2 Å². The second-order valence-electron chi connectivity index (χ2n) is 3.51. The summed E-state index contributed by atoms with van der Waals surface area (Å²) in [6.07, 6.45) is 0.958. The molecule has 0 aliphatic carbocycles. The minimum absolute atomic E-state index is 0.0441. The molecule has 1 aromatic rings. The molecule has 0 aromatic heterocycles. The van der Waals surface area contributed by atoms with Crippen LogP contribution in [0, 0.1) is 0 Å². The van der Waals surface area contributed by atoms with Crippen LogP contribution in [0.5, 0.6) is 0 Å². The van der Waals surface area contributed by atoms with Crippen LogP contribution in [0.15, 0.2) is 23.1 Å². The van der Waals surface area contributed by atoms with Crippen LogP contribution >= 0.6 is 11.6 Å². The zero-order chi connectivity index (χ0) is 12.8. The molecule has 0 aliphatic heterocycles. The number of carbonyl (C=O) groups is 1. The number of hydrogen-bond acceptors (Lipinski definition) is 3. The molecule has 1 unspecified atom stereocenters. The second-order valence-corrected chi connectivity index (χ2v) is 5.49. The van der Waals surface area contributed by atoms with Crippen LogP contribution in [-0.4, -0.2) is 22.9 Å². The smallest absolute Gasteiger partial charge is 0.219 e. The van der Waals surface area contributed by atoms with E-state index in [1.54, 1.807) is 25.2 Å². The first-order chi connectivity index (χ1) is 8.04. The summed E-state index contributed by atoms with van der Waals surface area (Å²) in [5.74, 6) is 0.394. The molecule has 1 atom stereocenters. The predicted octanol–water partition coefficient (Wildman–Crippen LogP) is 1.56. The van der Waals surface area contributed by atoms with Crippen LogP contribution in [0.3, 0.4) is 0 Å². The summed E-state index contributed by atoms with van der Waals surface area (Å²) in [5, 5.41) is 2.92. The third-order valence-corrected chi connectivity index (χ3v) is 4.01. The largest absolute Gasteiger partial charge is 0.398 e. The summed E-state index contributed by atoms with van der Waals surface area (Å²) in [7, 11) is 0.442. The normalized spacial score (nSPS) is 12.1. The first-order valence-electron chi connectivity index (χ1n) is 5.18. The van der Waals surface area contributed by atoms with Crippen molar-refractivity contribution in [2.75, 3.05) is 18.5 Å². The van der Waals surface area contributed by atoms with E-state index in [-0.39, 0.29) is 5.91 Å². The highest BCUT2D eigenvalue weighted by Crippen LogP contribution is 2.21. The zero-order valence-corrected chi connectivity index (χ0v) is 11.1. The Kier molecular flexibility index (Phi) is 5.44. The van der Waals surface area contributed by atoms with Crippen molar-refractivity contribution in [1.29, 1.82) is 0 Å². The van der Waals surface area contributed by atoms with Crippen molar-refractivity contribution in [1.82, 2.24) is 5.32 Å². The van der Waals surface area contributed by atoms with E-state index in [0.717, 1.165) is 0 Å². The summed E-state index contributed by atoms with van der Waals surface area (Å²) >= 11 is 5.84. The summed E-state index contributed by atoms with van der Waals surface area (Å²) in [4.78, 5) is 11.6. The number of nitrogen functional groups attached to an aromatic ring is 1. The lowest BCUT2D eigenvalue weighted by Crippen LogP contribution is -2.17. The molecule has 0 heterocycles. The number of anilines is 1. The van der Waals surface area contributed by atoms with Crippen molar-refractivity contribution < 1.29 is 9.00 Å². The molecule has 0 radical (unpaired) electrons. The van der Waals surface area contributed by atoms with Gasteiger partial charge in [-0.25, -0.2) is 0 Å². The van der Waals surface area contributed by atoms with E-state index < -0.39 is 10.8 Å². The van der Waals surface area contributed by atoms with Gasteiger partial charge in [-0.05, 0) is 24.6 Å². The molecule has 0 bridgehead atoms. The van der Waals surface area contributed by atoms with Crippen molar-refractivity contribution in [2.24, 2.45) is 0 Å². The van der Waals surface area contributed by atoms with E-state index in [9.17, 15) is 9.00 Å². The van der Waals surface area contributed by atoms with Crippen molar-refractivity contribution in [2.45, 2.75) is 17.7 Å². The number of amides is 1.